The summed E-state index contributed by atoms with van der Waals surface area (Å²) in [6.45, 7) is 7.73. The highest BCUT2D eigenvalue weighted by Gasteiger charge is 2.03. The van der Waals surface area contributed by atoms with Crippen molar-refractivity contribution in [1.29, 1.82) is 0 Å². The molecule has 0 spiro atoms. The molecule has 0 heterocycles. The number of anilines is 2. The molecular formula is C12H16N2O2. The SMILES string of the molecule is C=C(C)CNc1ccc(NC(C)=O)c(O)c1. The van der Waals surface area contributed by atoms with E-state index < -0.39 is 0 Å². The molecule has 0 atom stereocenters. The van der Waals surface area contributed by atoms with Crippen LogP contribution < -0.4 is 10.6 Å². The van der Waals surface area contributed by atoms with E-state index in [1.54, 1.807) is 18.2 Å². The van der Waals surface area contributed by atoms with E-state index in [0.717, 1.165) is 11.3 Å². The number of nitrogens with one attached hydrogen (secondary N) is 2. The van der Waals surface area contributed by atoms with Gasteiger partial charge in [-0.3, -0.25) is 4.79 Å². The maximum atomic E-state index is 10.8. The molecule has 1 rings (SSSR count). The van der Waals surface area contributed by atoms with Crippen molar-refractivity contribution in [3.8, 4) is 5.75 Å². The average Bonchev–Trinajstić information content (AvgIpc) is 2.18. The second kappa shape index (κ2) is 5.21. The number of phenols is 1. The number of rotatable bonds is 4. The van der Waals surface area contributed by atoms with E-state index in [1.165, 1.54) is 6.92 Å². The van der Waals surface area contributed by atoms with Gasteiger partial charge in [0, 0.05) is 25.2 Å². The molecule has 0 saturated carbocycles. The van der Waals surface area contributed by atoms with Crippen LogP contribution in [0.3, 0.4) is 0 Å². The summed E-state index contributed by atoms with van der Waals surface area (Å²) in [5, 5.41) is 15.3. The minimum atomic E-state index is -0.210. The van der Waals surface area contributed by atoms with E-state index in [4.69, 9.17) is 0 Å². The zero-order chi connectivity index (χ0) is 12.1. The van der Waals surface area contributed by atoms with Crippen molar-refractivity contribution in [2.24, 2.45) is 0 Å². The first-order chi connectivity index (χ1) is 7.49. The molecule has 0 fully saturated rings. The van der Waals surface area contributed by atoms with E-state index in [1.807, 2.05) is 6.92 Å². The minimum absolute atomic E-state index is 0.0434. The first-order valence-electron chi connectivity index (χ1n) is 4.98. The van der Waals surface area contributed by atoms with Crippen LogP contribution in [0, 0.1) is 0 Å². The molecule has 1 aromatic rings. The van der Waals surface area contributed by atoms with Crippen LogP contribution >= 0.6 is 0 Å². The Morgan fingerprint density at radius 3 is 2.62 bits per heavy atom. The fraction of sp³-hybridized carbons (Fsp3) is 0.250. The van der Waals surface area contributed by atoms with Gasteiger partial charge in [0.15, 0.2) is 0 Å². The zero-order valence-electron chi connectivity index (χ0n) is 9.50. The van der Waals surface area contributed by atoms with E-state index in [0.29, 0.717) is 12.2 Å². The zero-order valence-corrected chi connectivity index (χ0v) is 9.50. The van der Waals surface area contributed by atoms with Crippen molar-refractivity contribution in [2.75, 3.05) is 17.2 Å². The van der Waals surface area contributed by atoms with Crippen LogP contribution in [0.15, 0.2) is 30.4 Å². The number of benzene rings is 1. The van der Waals surface area contributed by atoms with Gasteiger partial charge in [-0.1, -0.05) is 12.2 Å². The first-order valence-corrected chi connectivity index (χ1v) is 4.98. The van der Waals surface area contributed by atoms with Crippen LogP contribution in [-0.4, -0.2) is 17.6 Å². The Balaban J connectivity index is 2.74. The first kappa shape index (κ1) is 12.1. The van der Waals surface area contributed by atoms with Gasteiger partial charge >= 0.3 is 0 Å². The van der Waals surface area contributed by atoms with Crippen LogP contribution in [0.1, 0.15) is 13.8 Å². The van der Waals surface area contributed by atoms with Gasteiger partial charge in [-0.05, 0) is 19.1 Å². The largest absolute Gasteiger partial charge is 0.506 e. The molecule has 0 aliphatic carbocycles. The molecule has 1 aromatic carbocycles. The van der Waals surface area contributed by atoms with Crippen molar-refractivity contribution in [3.05, 3.63) is 30.4 Å². The summed E-state index contributed by atoms with van der Waals surface area (Å²) in [6, 6.07) is 5.00. The quantitative estimate of drug-likeness (QED) is 0.539. The molecule has 0 radical (unpaired) electrons. The van der Waals surface area contributed by atoms with Gasteiger partial charge in [0.2, 0.25) is 5.91 Å². The highest BCUT2D eigenvalue weighted by Crippen LogP contribution is 2.26. The van der Waals surface area contributed by atoms with Crippen molar-refractivity contribution < 1.29 is 9.90 Å². The van der Waals surface area contributed by atoms with E-state index in [2.05, 4.69) is 17.2 Å². The summed E-state index contributed by atoms with van der Waals surface area (Å²) in [4.78, 5) is 10.8. The summed E-state index contributed by atoms with van der Waals surface area (Å²) in [7, 11) is 0. The van der Waals surface area contributed by atoms with Crippen LogP contribution in [-0.2, 0) is 4.79 Å². The molecule has 0 unspecified atom stereocenters. The molecule has 4 nitrogen and oxygen atoms in total. The van der Waals surface area contributed by atoms with Gasteiger partial charge < -0.3 is 15.7 Å². The maximum absolute atomic E-state index is 10.8. The number of carbonyl (C=O) groups is 1. The van der Waals surface area contributed by atoms with Gasteiger partial charge in [-0.2, -0.15) is 0 Å². The Morgan fingerprint density at radius 1 is 1.44 bits per heavy atom. The number of amides is 1. The molecular weight excluding hydrogens is 204 g/mol. The van der Waals surface area contributed by atoms with Crippen LogP contribution in [0.5, 0.6) is 5.75 Å². The highest BCUT2D eigenvalue weighted by molar-refractivity contribution is 5.90. The van der Waals surface area contributed by atoms with Gasteiger partial charge in [-0.25, -0.2) is 0 Å². The summed E-state index contributed by atoms with van der Waals surface area (Å²) in [5.74, 6) is -0.167. The summed E-state index contributed by atoms with van der Waals surface area (Å²) in [5.41, 5.74) is 2.20. The topological polar surface area (TPSA) is 61.4 Å². The lowest BCUT2D eigenvalue weighted by Crippen LogP contribution is -2.06. The monoisotopic (exact) mass is 220 g/mol. The average molecular weight is 220 g/mol. The number of aromatic hydroxyl groups is 1. The van der Waals surface area contributed by atoms with E-state index >= 15 is 0 Å². The Morgan fingerprint density at radius 2 is 2.12 bits per heavy atom. The number of carbonyl (C=O) groups excluding carboxylic acids is 1. The molecule has 0 bridgehead atoms. The Kier molecular flexibility index (Phi) is 3.94. The van der Waals surface area contributed by atoms with Gasteiger partial charge in [0.1, 0.15) is 5.75 Å². The molecule has 16 heavy (non-hydrogen) atoms. The lowest BCUT2D eigenvalue weighted by atomic mass is 10.2. The van der Waals surface area contributed by atoms with Crippen molar-refractivity contribution in [1.82, 2.24) is 0 Å². The molecule has 0 aromatic heterocycles. The van der Waals surface area contributed by atoms with Crippen molar-refractivity contribution >= 4 is 17.3 Å². The smallest absolute Gasteiger partial charge is 0.221 e. The summed E-state index contributed by atoms with van der Waals surface area (Å²) in [6.07, 6.45) is 0. The summed E-state index contributed by atoms with van der Waals surface area (Å²) >= 11 is 0. The van der Waals surface area contributed by atoms with Gasteiger partial charge in [-0.15, -0.1) is 0 Å². The van der Waals surface area contributed by atoms with Crippen molar-refractivity contribution in [3.63, 3.8) is 0 Å². The van der Waals surface area contributed by atoms with E-state index in [9.17, 15) is 9.90 Å². The Bertz CT molecular complexity index is 413. The Hall–Kier alpha value is -1.97. The molecule has 0 aliphatic rings. The maximum Gasteiger partial charge on any atom is 0.221 e. The van der Waals surface area contributed by atoms with Crippen LogP contribution in [0.4, 0.5) is 11.4 Å². The third-order valence-electron chi connectivity index (χ3n) is 1.90. The number of phenolic OH excluding ortho intramolecular Hbond substituents is 1. The van der Waals surface area contributed by atoms with Gasteiger partial charge in [0.05, 0.1) is 5.69 Å². The molecule has 86 valence electrons. The second-order valence-electron chi connectivity index (χ2n) is 3.72. The third kappa shape index (κ3) is 3.65. The van der Waals surface area contributed by atoms with Crippen molar-refractivity contribution in [2.45, 2.75) is 13.8 Å². The molecule has 0 aliphatic heterocycles. The fourth-order valence-corrected chi connectivity index (χ4v) is 1.19. The number of hydrogen-bond donors (Lipinski definition) is 3. The second-order valence-corrected chi connectivity index (χ2v) is 3.72. The third-order valence-corrected chi connectivity index (χ3v) is 1.90. The normalized spacial score (nSPS) is 9.62. The van der Waals surface area contributed by atoms with Crippen LogP contribution in [0.25, 0.3) is 0 Å². The predicted octanol–water partition coefficient (Wildman–Crippen LogP) is 2.34. The molecule has 3 N–H and O–H groups in total. The van der Waals surface area contributed by atoms with Gasteiger partial charge in [0.25, 0.3) is 0 Å². The molecule has 4 heteroatoms. The highest BCUT2D eigenvalue weighted by atomic mass is 16.3. The minimum Gasteiger partial charge on any atom is -0.506 e. The summed E-state index contributed by atoms with van der Waals surface area (Å²) < 4.78 is 0. The molecule has 0 saturated heterocycles. The molecule has 1 amide bonds. The van der Waals surface area contributed by atoms with E-state index in [-0.39, 0.29) is 11.7 Å². The van der Waals surface area contributed by atoms with Crippen LogP contribution in [0.2, 0.25) is 0 Å². The standard InChI is InChI=1S/C12H16N2O2/c1-8(2)7-13-10-4-5-11(12(16)6-10)14-9(3)15/h4-6,13,16H,1,7H2,2-3H3,(H,14,15). The fourth-order valence-electron chi connectivity index (χ4n) is 1.19. The predicted molar refractivity (Wildman–Crippen MR) is 65.7 cm³/mol. The number of hydrogen-bond acceptors (Lipinski definition) is 3. The lowest BCUT2D eigenvalue weighted by Gasteiger charge is -2.09. The lowest BCUT2D eigenvalue weighted by molar-refractivity contribution is -0.114. The Labute approximate surface area is 95.0 Å².